The molecule has 0 saturated carbocycles. The van der Waals surface area contributed by atoms with Crippen LogP contribution < -0.4 is 0 Å². The SMILES string of the molecule is CC(C)C/C=C/C1=C(OC=O)N2C(=O)C(C(C)O)C2C1C.CC(C)Cc1ccc(C2=C(OC=O)N3C(=O)C(C(C)O)C3C2C)cc1. The molecule has 4 heterocycles. The van der Waals surface area contributed by atoms with Gasteiger partial charge >= 0.3 is 0 Å². The van der Waals surface area contributed by atoms with Crippen molar-refractivity contribution in [3.05, 3.63) is 64.9 Å². The van der Waals surface area contributed by atoms with E-state index in [4.69, 9.17) is 9.47 Å². The van der Waals surface area contributed by atoms with E-state index in [1.54, 1.807) is 13.8 Å². The summed E-state index contributed by atoms with van der Waals surface area (Å²) >= 11 is 0. The van der Waals surface area contributed by atoms with Gasteiger partial charge in [-0.1, -0.05) is 78.0 Å². The van der Waals surface area contributed by atoms with Crippen LogP contribution >= 0.6 is 0 Å². The Bertz CT molecular complexity index is 1410. The molecular formula is C36H48N2O8. The Hall–Kier alpha value is -3.76. The second kappa shape index (κ2) is 14.3. The monoisotopic (exact) mass is 636 g/mol. The average molecular weight is 637 g/mol. The first-order valence-electron chi connectivity index (χ1n) is 16.2. The quantitative estimate of drug-likeness (QED) is 0.255. The van der Waals surface area contributed by atoms with E-state index >= 15 is 0 Å². The second-order valence-corrected chi connectivity index (χ2v) is 13.7. The topological polar surface area (TPSA) is 134 Å². The lowest BCUT2D eigenvalue weighted by atomic mass is 9.77. The van der Waals surface area contributed by atoms with Crippen molar-refractivity contribution in [2.45, 2.75) is 92.5 Å². The molecule has 2 saturated heterocycles. The van der Waals surface area contributed by atoms with Crippen LogP contribution in [0.5, 0.6) is 0 Å². The average Bonchev–Trinajstić information content (AvgIpc) is 3.33. The summed E-state index contributed by atoms with van der Waals surface area (Å²) in [5.74, 6) is 0.563. The lowest BCUT2D eigenvalue weighted by molar-refractivity contribution is -0.166. The fraction of sp³-hybridized carbons (Fsp3) is 0.556. The highest BCUT2D eigenvalue weighted by Crippen LogP contribution is 2.51. The molecule has 1 aromatic rings. The number of nitrogens with zero attached hydrogens (tertiary/aromatic N) is 2. The summed E-state index contributed by atoms with van der Waals surface area (Å²) in [5, 5.41) is 19.7. The largest absolute Gasteiger partial charge is 0.411 e. The van der Waals surface area contributed by atoms with Gasteiger partial charge in [0.25, 0.3) is 12.9 Å². The molecule has 0 aliphatic carbocycles. The third kappa shape index (κ3) is 6.42. The molecule has 0 bridgehead atoms. The Kier molecular flexibility index (Phi) is 10.9. The van der Waals surface area contributed by atoms with Crippen LogP contribution in [0.4, 0.5) is 0 Å². The molecule has 4 aliphatic rings. The van der Waals surface area contributed by atoms with E-state index in [-0.39, 0.29) is 35.7 Å². The van der Waals surface area contributed by atoms with Gasteiger partial charge in [-0.2, -0.15) is 0 Å². The summed E-state index contributed by atoms with van der Waals surface area (Å²) in [4.78, 5) is 49.3. The highest BCUT2D eigenvalue weighted by molar-refractivity contribution is 5.94. The van der Waals surface area contributed by atoms with Gasteiger partial charge in [0, 0.05) is 23.0 Å². The standard InChI is InChI=1S/C20H25NO4.C16H23NO4/c1-11(2)9-14-5-7-15(8-6-14)16-12(3)18-17(13(4)23)19(24)21(18)20(16)25-10-22;1-9(2)6-5-7-12-10(3)14-13(11(4)19)15(20)17(14)16(12)21-8-18/h5-8,10-13,17-18,23H,9H2,1-4H3;5,7-11,13-14,19H,6H2,1-4H3/b;7-5+. The summed E-state index contributed by atoms with van der Waals surface area (Å²) in [5.41, 5.74) is 3.90. The van der Waals surface area contributed by atoms with Gasteiger partial charge in [-0.05, 0) is 49.7 Å². The Balaban J connectivity index is 0.000000212. The minimum absolute atomic E-state index is 0.0109. The predicted octanol–water partition coefficient (Wildman–Crippen LogP) is 4.42. The van der Waals surface area contributed by atoms with Crippen LogP contribution in [0, 0.1) is 35.5 Å². The number of carbonyl (C=O) groups is 4. The van der Waals surface area contributed by atoms with Gasteiger partial charge in [-0.15, -0.1) is 0 Å². The van der Waals surface area contributed by atoms with Crippen molar-refractivity contribution in [1.29, 1.82) is 0 Å². The van der Waals surface area contributed by atoms with Crippen molar-refractivity contribution >= 4 is 30.3 Å². The van der Waals surface area contributed by atoms with Gasteiger partial charge in [-0.3, -0.25) is 29.0 Å². The van der Waals surface area contributed by atoms with E-state index in [1.165, 1.54) is 15.4 Å². The number of ether oxygens (including phenoxy) is 2. The number of rotatable bonds is 12. The zero-order valence-electron chi connectivity index (χ0n) is 28.0. The first-order chi connectivity index (χ1) is 21.8. The van der Waals surface area contributed by atoms with Gasteiger partial charge < -0.3 is 19.7 Å². The van der Waals surface area contributed by atoms with Gasteiger partial charge in [0.1, 0.15) is 0 Å². The fourth-order valence-electron chi connectivity index (χ4n) is 7.31. The van der Waals surface area contributed by atoms with Crippen LogP contribution in [0.25, 0.3) is 5.57 Å². The van der Waals surface area contributed by atoms with Crippen LogP contribution in [-0.2, 0) is 35.1 Å². The van der Waals surface area contributed by atoms with Gasteiger partial charge in [0.2, 0.25) is 23.6 Å². The molecule has 2 amide bonds. The first kappa shape index (κ1) is 35.1. The van der Waals surface area contributed by atoms with Crippen molar-refractivity contribution in [3.8, 4) is 0 Å². The number of benzene rings is 1. The number of aliphatic hydroxyl groups excluding tert-OH is 2. The maximum atomic E-state index is 12.4. The first-order valence-corrected chi connectivity index (χ1v) is 16.2. The summed E-state index contributed by atoms with van der Waals surface area (Å²) in [6, 6.07) is 7.92. The smallest absolute Gasteiger partial charge is 0.299 e. The Labute approximate surface area is 271 Å². The molecule has 8 unspecified atom stereocenters. The van der Waals surface area contributed by atoms with Gasteiger partial charge in [-0.25, -0.2) is 0 Å². The molecule has 2 N–H and O–H groups in total. The molecule has 2 fully saturated rings. The molecule has 1 aromatic carbocycles. The molecule has 5 rings (SSSR count). The zero-order chi connectivity index (χ0) is 34.0. The van der Waals surface area contributed by atoms with Crippen LogP contribution in [0.2, 0.25) is 0 Å². The van der Waals surface area contributed by atoms with E-state index in [0.29, 0.717) is 36.5 Å². The molecule has 0 aromatic heterocycles. The molecule has 46 heavy (non-hydrogen) atoms. The van der Waals surface area contributed by atoms with Gasteiger partial charge in [0.15, 0.2) is 0 Å². The molecule has 8 atom stereocenters. The van der Waals surface area contributed by atoms with Crippen molar-refractivity contribution in [3.63, 3.8) is 0 Å². The summed E-state index contributed by atoms with van der Waals surface area (Å²) < 4.78 is 10.2. The van der Waals surface area contributed by atoms with Crippen LogP contribution in [0.15, 0.2) is 53.8 Å². The van der Waals surface area contributed by atoms with Gasteiger partial charge in [0.05, 0.1) is 36.1 Å². The van der Waals surface area contributed by atoms with Crippen LogP contribution in [-0.4, -0.2) is 69.1 Å². The number of aliphatic hydroxyl groups is 2. The fourth-order valence-corrected chi connectivity index (χ4v) is 7.31. The van der Waals surface area contributed by atoms with E-state index in [2.05, 4.69) is 39.8 Å². The van der Waals surface area contributed by atoms with Crippen molar-refractivity contribution < 1.29 is 38.9 Å². The normalized spacial score (nSPS) is 28.1. The van der Waals surface area contributed by atoms with E-state index in [0.717, 1.165) is 29.6 Å². The highest BCUT2D eigenvalue weighted by Gasteiger charge is 2.60. The third-order valence-corrected chi connectivity index (χ3v) is 9.44. The Morgan fingerprint density at radius 3 is 1.74 bits per heavy atom. The van der Waals surface area contributed by atoms with E-state index in [1.807, 2.05) is 38.1 Å². The maximum Gasteiger partial charge on any atom is 0.299 e. The van der Waals surface area contributed by atoms with Crippen LogP contribution in [0.3, 0.4) is 0 Å². The molecule has 0 spiro atoms. The number of amides is 2. The summed E-state index contributed by atoms with van der Waals surface area (Å²) in [7, 11) is 0. The predicted molar refractivity (Wildman–Crippen MR) is 172 cm³/mol. The third-order valence-electron chi connectivity index (χ3n) is 9.44. The number of fused-ring (bicyclic) bond motifs is 2. The Morgan fingerprint density at radius 1 is 0.761 bits per heavy atom. The molecule has 10 nitrogen and oxygen atoms in total. The number of allylic oxidation sites excluding steroid dienone is 2. The van der Waals surface area contributed by atoms with Crippen molar-refractivity contribution in [2.24, 2.45) is 35.5 Å². The lowest BCUT2D eigenvalue weighted by Crippen LogP contribution is -2.63. The number of hydrogen-bond acceptors (Lipinski definition) is 8. The highest BCUT2D eigenvalue weighted by atomic mass is 16.5. The minimum Gasteiger partial charge on any atom is -0.411 e. The maximum absolute atomic E-state index is 12.4. The van der Waals surface area contributed by atoms with Crippen molar-refractivity contribution in [1.82, 2.24) is 9.80 Å². The number of β-lactam (4-membered cyclic amide) rings is 2. The molecule has 0 radical (unpaired) electrons. The molecule has 10 heteroatoms. The Morgan fingerprint density at radius 2 is 1.26 bits per heavy atom. The number of hydrogen-bond donors (Lipinski definition) is 2. The molecule has 4 aliphatic heterocycles. The number of carbonyl (C=O) groups excluding carboxylic acids is 4. The minimum atomic E-state index is -0.721. The zero-order valence-corrected chi connectivity index (χ0v) is 28.0. The van der Waals surface area contributed by atoms with E-state index in [9.17, 15) is 29.4 Å². The molecular weight excluding hydrogens is 588 g/mol. The summed E-state index contributed by atoms with van der Waals surface area (Å²) in [6.07, 6.45) is 4.48. The van der Waals surface area contributed by atoms with E-state index < -0.39 is 24.0 Å². The van der Waals surface area contributed by atoms with Crippen molar-refractivity contribution in [2.75, 3.05) is 0 Å². The lowest BCUT2D eigenvalue weighted by Gasteiger charge is -2.46. The summed E-state index contributed by atoms with van der Waals surface area (Å²) in [6.45, 7) is 16.6. The second-order valence-electron chi connectivity index (χ2n) is 13.7. The van der Waals surface area contributed by atoms with Crippen LogP contribution in [0.1, 0.15) is 72.9 Å². The molecule has 250 valence electrons.